The fourth-order valence-corrected chi connectivity index (χ4v) is 2.29. The number of aryl methyl sites for hydroxylation is 1. The van der Waals surface area contributed by atoms with Gasteiger partial charge in [0.2, 0.25) is 0 Å². The number of nitrogens with one attached hydrogen (secondary N) is 1. The minimum absolute atomic E-state index is 0.274. The SMILES string of the molecule is Cc1ccc([C@@H](C)NCc2cc(Cl)ccc2Cl)cc1. The highest BCUT2D eigenvalue weighted by Crippen LogP contribution is 2.21. The van der Waals surface area contributed by atoms with E-state index < -0.39 is 0 Å². The lowest BCUT2D eigenvalue weighted by Gasteiger charge is -2.15. The molecule has 0 saturated heterocycles. The number of hydrogen-bond donors (Lipinski definition) is 1. The zero-order valence-corrected chi connectivity index (χ0v) is 12.6. The lowest BCUT2D eigenvalue weighted by Crippen LogP contribution is -2.18. The second kappa shape index (κ2) is 6.42. The fraction of sp³-hybridized carbons (Fsp3) is 0.250. The molecule has 0 radical (unpaired) electrons. The molecule has 100 valence electrons. The largest absolute Gasteiger partial charge is 0.306 e. The summed E-state index contributed by atoms with van der Waals surface area (Å²) >= 11 is 12.1. The van der Waals surface area contributed by atoms with E-state index in [1.807, 2.05) is 12.1 Å². The van der Waals surface area contributed by atoms with Gasteiger partial charge in [-0.25, -0.2) is 0 Å². The summed E-state index contributed by atoms with van der Waals surface area (Å²) in [5.41, 5.74) is 3.56. The zero-order valence-electron chi connectivity index (χ0n) is 11.1. The molecule has 3 heteroatoms. The van der Waals surface area contributed by atoms with Gasteiger partial charge < -0.3 is 5.32 Å². The van der Waals surface area contributed by atoms with Crippen LogP contribution in [0.1, 0.15) is 29.7 Å². The van der Waals surface area contributed by atoms with E-state index in [0.29, 0.717) is 11.6 Å². The quantitative estimate of drug-likeness (QED) is 0.822. The van der Waals surface area contributed by atoms with Crippen molar-refractivity contribution in [3.8, 4) is 0 Å². The smallest absolute Gasteiger partial charge is 0.0451 e. The summed E-state index contributed by atoms with van der Waals surface area (Å²) < 4.78 is 0. The van der Waals surface area contributed by atoms with Crippen LogP contribution in [-0.2, 0) is 6.54 Å². The molecule has 1 N–H and O–H groups in total. The highest BCUT2D eigenvalue weighted by atomic mass is 35.5. The van der Waals surface area contributed by atoms with Crippen LogP contribution in [0.25, 0.3) is 0 Å². The van der Waals surface area contributed by atoms with Gasteiger partial charge in [0.25, 0.3) is 0 Å². The van der Waals surface area contributed by atoms with E-state index in [1.165, 1.54) is 11.1 Å². The molecule has 2 rings (SSSR count). The van der Waals surface area contributed by atoms with E-state index >= 15 is 0 Å². The number of rotatable bonds is 4. The lowest BCUT2D eigenvalue weighted by atomic mass is 10.1. The van der Waals surface area contributed by atoms with Gasteiger partial charge in [0.15, 0.2) is 0 Å². The van der Waals surface area contributed by atoms with Crippen molar-refractivity contribution in [2.45, 2.75) is 26.4 Å². The predicted molar refractivity (Wildman–Crippen MR) is 82.9 cm³/mol. The monoisotopic (exact) mass is 293 g/mol. The van der Waals surface area contributed by atoms with Crippen LogP contribution in [0.4, 0.5) is 0 Å². The minimum Gasteiger partial charge on any atom is -0.306 e. The second-order valence-corrected chi connectivity index (χ2v) is 5.59. The van der Waals surface area contributed by atoms with Gasteiger partial charge in [-0.05, 0) is 43.2 Å². The molecule has 0 saturated carbocycles. The average molecular weight is 294 g/mol. The van der Waals surface area contributed by atoms with E-state index in [2.05, 4.69) is 43.4 Å². The Morgan fingerprint density at radius 2 is 1.74 bits per heavy atom. The van der Waals surface area contributed by atoms with Crippen LogP contribution >= 0.6 is 23.2 Å². The predicted octanol–water partition coefficient (Wildman–Crippen LogP) is 5.15. The van der Waals surface area contributed by atoms with Crippen molar-refractivity contribution in [2.24, 2.45) is 0 Å². The molecule has 2 aromatic carbocycles. The van der Waals surface area contributed by atoms with Crippen molar-refractivity contribution in [1.29, 1.82) is 0 Å². The van der Waals surface area contributed by atoms with E-state index in [0.717, 1.165) is 10.6 Å². The minimum atomic E-state index is 0.274. The Hall–Kier alpha value is -1.02. The van der Waals surface area contributed by atoms with Crippen molar-refractivity contribution in [2.75, 3.05) is 0 Å². The summed E-state index contributed by atoms with van der Waals surface area (Å²) in [4.78, 5) is 0. The lowest BCUT2D eigenvalue weighted by molar-refractivity contribution is 0.575. The number of hydrogen-bond acceptors (Lipinski definition) is 1. The van der Waals surface area contributed by atoms with Crippen molar-refractivity contribution in [1.82, 2.24) is 5.32 Å². The third kappa shape index (κ3) is 3.97. The van der Waals surface area contributed by atoms with E-state index in [9.17, 15) is 0 Å². The number of benzene rings is 2. The maximum atomic E-state index is 6.15. The van der Waals surface area contributed by atoms with Crippen molar-refractivity contribution in [3.63, 3.8) is 0 Å². The Morgan fingerprint density at radius 1 is 1.05 bits per heavy atom. The molecular weight excluding hydrogens is 277 g/mol. The first-order valence-corrected chi connectivity index (χ1v) is 7.06. The van der Waals surface area contributed by atoms with Crippen LogP contribution in [0, 0.1) is 6.92 Å². The van der Waals surface area contributed by atoms with Gasteiger partial charge in [0, 0.05) is 22.6 Å². The zero-order chi connectivity index (χ0) is 13.8. The molecule has 0 heterocycles. The van der Waals surface area contributed by atoms with Crippen LogP contribution in [0.5, 0.6) is 0 Å². The third-order valence-electron chi connectivity index (χ3n) is 3.18. The molecule has 2 aromatic rings. The van der Waals surface area contributed by atoms with Crippen LogP contribution in [0.15, 0.2) is 42.5 Å². The Bertz CT molecular complexity index is 549. The summed E-state index contributed by atoms with van der Waals surface area (Å²) in [6.45, 7) is 4.94. The molecule has 0 spiro atoms. The Kier molecular flexibility index (Phi) is 4.87. The maximum absolute atomic E-state index is 6.15. The van der Waals surface area contributed by atoms with Gasteiger partial charge in [-0.1, -0.05) is 53.0 Å². The molecule has 1 nitrogen and oxygen atoms in total. The summed E-state index contributed by atoms with van der Waals surface area (Å²) in [6, 6.07) is 14.3. The normalized spacial score (nSPS) is 12.4. The Morgan fingerprint density at radius 3 is 2.42 bits per heavy atom. The van der Waals surface area contributed by atoms with E-state index in [-0.39, 0.29) is 6.04 Å². The molecule has 0 bridgehead atoms. The van der Waals surface area contributed by atoms with Gasteiger partial charge in [-0.2, -0.15) is 0 Å². The van der Waals surface area contributed by atoms with Crippen LogP contribution in [0.2, 0.25) is 10.0 Å². The first-order chi connectivity index (χ1) is 9.06. The summed E-state index contributed by atoms with van der Waals surface area (Å²) in [7, 11) is 0. The molecular formula is C16H17Cl2N. The molecule has 0 aliphatic rings. The maximum Gasteiger partial charge on any atom is 0.0451 e. The summed E-state index contributed by atoms with van der Waals surface area (Å²) in [5.74, 6) is 0. The van der Waals surface area contributed by atoms with Gasteiger partial charge in [0.05, 0.1) is 0 Å². The summed E-state index contributed by atoms with van der Waals surface area (Å²) in [6.07, 6.45) is 0. The first kappa shape index (κ1) is 14.4. The number of halogens is 2. The average Bonchev–Trinajstić information content (AvgIpc) is 2.40. The van der Waals surface area contributed by atoms with Crippen LogP contribution < -0.4 is 5.32 Å². The molecule has 0 amide bonds. The van der Waals surface area contributed by atoms with Gasteiger partial charge in [-0.15, -0.1) is 0 Å². The van der Waals surface area contributed by atoms with Gasteiger partial charge in [-0.3, -0.25) is 0 Å². The Balaban J connectivity index is 2.02. The summed E-state index contributed by atoms with van der Waals surface area (Å²) in [5, 5.41) is 4.92. The highest BCUT2D eigenvalue weighted by molar-refractivity contribution is 6.33. The molecule has 0 fully saturated rings. The molecule has 0 aromatic heterocycles. The molecule has 19 heavy (non-hydrogen) atoms. The van der Waals surface area contributed by atoms with Crippen molar-refractivity contribution in [3.05, 3.63) is 69.2 Å². The fourth-order valence-electron chi connectivity index (χ4n) is 1.91. The standard InChI is InChI=1S/C16H17Cl2N/c1-11-3-5-13(6-4-11)12(2)19-10-14-9-15(17)7-8-16(14)18/h3-9,12,19H,10H2,1-2H3/t12-/m1/s1. The Labute approximate surface area is 124 Å². The molecule has 0 unspecified atom stereocenters. The highest BCUT2D eigenvalue weighted by Gasteiger charge is 2.06. The topological polar surface area (TPSA) is 12.0 Å². The first-order valence-electron chi connectivity index (χ1n) is 6.30. The van der Waals surface area contributed by atoms with Crippen molar-refractivity contribution < 1.29 is 0 Å². The molecule has 1 atom stereocenters. The van der Waals surface area contributed by atoms with Crippen molar-refractivity contribution >= 4 is 23.2 Å². The third-order valence-corrected chi connectivity index (χ3v) is 3.79. The van der Waals surface area contributed by atoms with Crippen LogP contribution in [-0.4, -0.2) is 0 Å². The van der Waals surface area contributed by atoms with Gasteiger partial charge >= 0.3 is 0 Å². The van der Waals surface area contributed by atoms with Gasteiger partial charge in [0.1, 0.15) is 0 Å². The van der Waals surface area contributed by atoms with E-state index in [4.69, 9.17) is 23.2 Å². The van der Waals surface area contributed by atoms with E-state index in [1.54, 1.807) is 6.07 Å². The second-order valence-electron chi connectivity index (χ2n) is 4.75. The van der Waals surface area contributed by atoms with Crippen LogP contribution in [0.3, 0.4) is 0 Å². The molecule has 0 aliphatic heterocycles. The molecule has 0 aliphatic carbocycles.